The van der Waals surface area contributed by atoms with Crippen molar-refractivity contribution in [3.05, 3.63) is 18.2 Å². The number of carbonyl (C=O) groups excluding carboxylic acids is 2. The third kappa shape index (κ3) is 3.52. The Balaban J connectivity index is 2.29. The lowest BCUT2D eigenvalue weighted by atomic mass is 10.1. The van der Waals surface area contributed by atoms with Gasteiger partial charge in [-0.3, -0.25) is 9.59 Å². The van der Waals surface area contributed by atoms with Gasteiger partial charge in [0.2, 0.25) is 5.91 Å². The molecule has 1 aromatic carbocycles. The van der Waals surface area contributed by atoms with Crippen molar-refractivity contribution in [2.75, 3.05) is 37.4 Å². The van der Waals surface area contributed by atoms with Crippen LogP contribution in [0.1, 0.15) is 13.8 Å². The minimum absolute atomic E-state index is 0.0448. The van der Waals surface area contributed by atoms with Crippen molar-refractivity contribution in [3.8, 4) is 5.75 Å². The number of rotatable bonds is 4. The summed E-state index contributed by atoms with van der Waals surface area (Å²) in [6.07, 6.45) is -0.521. The second-order valence-corrected chi connectivity index (χ2v) is 5.42. The van der Waals surface area contributed by atoms with E-state index < -0.39 is 6.10 Å². The van der Waals surface area contributed by atoms with Gasteiger partial charge in [-0.25, -0.2) is 0 Å². The van der Waals surface area contributed by atoms with Gasteiger partial charge in [-0.15, -0.1) is 0 Å². The molecule has 1 aliphatic rings. The van der Waals surface area contributed by atoms with E-state index in [4.69, 9.17) is 4.74 Å². The molecule has 114 valence electrons. The lowest BCUT2D eigenvalue weighted by Crippen LogP contribution is -2.46. The normalized spacial score (nSPS) is 17.5. The van der Waals surface area contributed by atoms with E-state index in [0.717, 1.165) is 12.2 Å². The maximum Gasteiger partial charge on any atom is 0.267 e. The van der Waals surface area contributed by atoms with Gasteiger partial charge in [-0.1, -0.05) is 0 Å². The molecular formula is C15H21N3O3. The fourth-order valence-electron chi connectivity index (χ4n) is 2.22. The highest BCUT2D eigenvalue weighted by molar-refractivity contribution is 6.00. The van der Waals surface area contributed by atoms with Gasteiger partial charge >= 0.3 is 0 Å². The first-order valence-corrected chi connectivity index (χ1v) is 6.93. The average molecular weight is 291 g/mol. The maximum absolute atomic E-state index is 12.3. The Morgan fingerprint density at radius 2 is 2.14 bits per heavy atom. The first kappa shape index (κ1) is 15.3. The number of hydrogen-bond donors (Lipinski definition) is 1. The lowest BCUT2D eigenvalue weighted by Gasteiger charge is -2.34. The topological polar surface area (TPSA) is 61.9 Å². The first-order chi connectivity index (χ1) is 9.88. The van der Waals surface area contributed by atoms with Crippen LogP contribution in [0, 0.1) is 0 Å². The lowest BCUT2D eigenvalue weighted by molar-refractivity contribution is -0.125. The second kappa shape index (κ2) is 6.13. The number of hydrogen-bond acceptors (Lipinski definition) is 4. The molecule has 1 aromatic rings. The summed E-state index contributed by atoms with van der Waals surface area (Å²) in [6, 6.07) is 5.33. The summed E-state index contributed by atoms with van der Waals surface area (Å²) in [5.74, 6) is 0.433. The van der Waals surface area contributed by atoms with E-state index in [1.165, 1.54) is 6.92 Å². The van der Waals surface area contributed by atoms with Crippen molar-refractivity contribution in [2.24, 2.45) is 0 Å². The summed E-state index contributed by atoms with van der Waals surface area (Å²) in [7, 11) is 3.93. The molecule has 0 fully saturated rings. The van der Waals surface area contributed by atoms with Crippen LogP contribution in [0.4, 0.5) is 11.4 Å². The smallest absolute Gasteiger partial charge is 0.267 e. The minimum Gasteiger partial charge on any atom is -0.479 e. The largest absolute Gasteiger partial charge is 0.479 e. The fourth-order valence-corrected chi connectivity index (χ4v) is 2.22. The van der Waals surface area contributed by atoms with Crippen molar-refractivity contribution >= 4 is 23.2 Å². The number of nitrogens with zero attached hydrogens (tertiary/aromatic N) is 2. The molecule has 0 bridgehead atoms. The number of benzene rings is 1. The molecule has 1 atom stereocenters. The van der Waals surface area contributed by atoms with Crippen LogP contribution in [0.15, 0.2) is 18.2 Å². The molecule has 21 heavy (non-hydrogen) atoms. The standard InChI is InChI=1S/C15H21N3O3/c1-10-15(20)18(8-7-17(3)4)13-6-5-12(16-11(2)19)9-14(13)21-10/h5-6,9-10H,7-8H2,1-4H3,(H,16,19). The molecule has 0 saturated carbocycles. The van der Waals surface area contributed by atoms with Crippen LogP contribution >= 0.6 is 0 Å². The van der Waals surface area contributed by atoms with E-state index in [1.54, 1.807) is 30.0 Å². The average Bonchev–Trinajstić information content (AvgIpc) is 2.38. The molecule has 1 unspecified atom stereocenters. The van der Waals surface area contributed by atoms with Gasteiger partial charge in [0.05, 0.1) is 5.69 Å². The molecule has 2 amide bonds. The molecule has 6 heteroatoms. The molecule has 0 radical (unpaired) electrons. The van der Waals surface area contributed by atoms with Crippen LogP contribution in [0.25, 0.3) is 0 Å². The van der Waals surface area contributed by atoms with Gasteiger partial charge < -0.3 is 19.9 Å². The fraction of sp³-hybridized carbons (Fsp3) is 0.467. The quantitative estimate of drug-likeness (QED) is 0.909. The number of carbonyl (C=O) groups is 2. The Morgan fingerprint density at radius 1 is 1.43 bits per heavy atom. The highest BCUT2D eigenvalue weighted by atomic mass is 16.5. The SMILES string of the molecule is CC(=O)Nc1ccc2c(c1)OC(C)C(=O)N2CCN(C)C. The van der Waals surface area contributed by atoms with Crippen molar-refractivity contribution in [1.29, 1.82) is 0 Å². The molecule has 0 spiro atoms. The Labute approximate surface area is 124 Å². The Bertz CT molecular complexity index is 557. The van der Waals surface area contributed by atoms with E-state index in [0.29, 0.717) is 18.0 Å². The number of nitrogens with one attached hydrogen (secondary N) is 1. The Kier molecular flexibility index (Phi) is 4.47. The summed E-state index contributed by atoms with van der Waals surface area (Å²) in [4.78, 5) is 27.2. The maximum atomic E-state index is 12.3. The molecule has 1 N–H and O–H groups in total. The first-order valence-electron chi connectivity index (χ1n) is 6.93. The summed E-state index contributed by atoms with van der Waals surface area (Å²) < 4.78 is 5.65. The number of fused-ring (bicyclic) bond motifs is 1. The Hall–Kier alpha value is -2.08. The third-order valence-electron chi connectivity index (χ3n) is 3.26. The summed E-state index contributed by atoms with van der Waals surface area (Å²) in [6.45, 7) is 4.56. The van der Waals surface area contributed by atoms with Crippen molar-refractivity contribution in [1.82, 2.24) is 4.90 Å². The van der Waals surface area contributed by atoms with Crippen LogP contribution in [-0.2, 0) is 9.59 Å². The van der Waals surface area contributed by atoms with Crippen LogP contribution in [0.3, 0.4) is 0 Å². The molecule has 1 heterocycles. The van der Waals surface area contributed by atoms with E-state index in [2.05, 4.69) is 5.32 Å². The third-order valence-corrected chi connectivity index (χ3v) is 3.26. The molecule has 1 aliphatic heterocycles. The summed E-state index contributed by atoms with van der Waals surface area (Å²) in [5.41, 5.74) is 1.41. The predicted octanol–water partition coefficient (Wildman–Crippen LogP) is 1.32. The molecular weight excluding hydrogens is 270 g/mol. The van der Waals surface area contributed by atoms with Crippen molar-refractivity contribution in [3.63, 3.8) is 0 Å². The predicted molar refractivity (Wildman–Crippen MR) is 81.7 cm³/mol. The van der Waals surface area contributed by atoms with E-state index in [1.807, 2.05) is 19.0 Å². The van der Waals surface area contributed by atoms with Crippen LogP contribution in [0.2, 0.25) is 0 Å². The van der Waals surface area contributed by atoms with Gasteiger partial charge in [0.1, 0.15) is 5.75 Å². The number of anilines is 2. The molecule has 2 rings (SSSR count). The molecule has 6 nitrogen and oxygen atoms in total. The molecule has 0 saturated heterocycles. The zero-order valence-electron chi connectivity index (χ0n) is 12.8. The van der Waals surface area contributed by atoms with Crippen molar-refractivity contribution in [2.45, 2.75) is 20.0 Å². The van der Waals surface area contributed by atoms with Crippen molar-refractivity contribution < 1.29 is 14.3 Å². The number of amides is 2. The zero-order chi connectivity index (χ0) is 15.6. The van der Waals surface area contributed by atoms with E-state index >= 15 is 0 Å². The van der Waals surface area contributed by atoms with Gasteiger partial charge in [-0.05, 0) is 33.2 Å². The van der Waals surface area contributed by atoms with E-state index in [-0.39, 0.29) is 11.8 Å². The molecule has 0 aliphatic carbocycles. The Morgan fingerprint density at radius 3 is 2.76 bits per heavy atom. The van der Waals surface area contributed by atoms with Gasteiger partial charge in [0.15, 0.2) is 6.10 Å². The van der Waals surface area contributed by atoms with Crippen LogP contribution < -0.4 is 15.0 Å². The highest BCUT2D eigenvalue weighted by Gasteiger charge is 2.31. The summed E-state index contributed by atoms with van der Waals surface area (Å²) in [5, 5.41) is 2.72. The van der Waals surface area contributed by atoms with Gasteiger partial charge in [0, 0.05) is 31.8 Å². The molecule has 0 aromatic heterocycles. The van der Waals surface area contributed by atoms with E-state index in [9.17, 15) is 9.59 Å². The van der Waals surface area contributed by atoms with Crippen LogP contribution in [0.5, 0.6) is 5.75 Å². The second-order valence-electron chi connectivity index (χ2n) is 5.42. The monoisotopic (exact) mass is 291 g/mol. The minimum atomic E-state index is -0.521. The highest BCUT2D eigenvalue weighted by Crippen LogP contribution is 2.36. The number of likely N-dealkylation sites (N-methyl/N-ethyl adjacent to an activating group) is 1. The van der Waals surface area contributed by atoms with Crippen LogP contribution in [-0.4, -0.2) is 50.0 Å². The summed E-state index contributed by atoms with van der Waals surface area (Å²) >= 11 is 0. The van der Waals surface area contributed by atoms with Gasteiger partial charge in [-0.2, -0.15) is 0 Å². The zero-order valence-corrected chi connectivity index (χ0v) is 12.8. The number of ether oxygens (including phenoxy) is 1. The van der Waals surface area contributed by atoms with Gasteiger partial charge in [0.25, 0.3) is 5.91 Å².